The Hall–Kier alpha value is -2.83. The zero-order valence-corrected chi connectivity index (χ0v) is 10.5. The molecule has 2 rings (SSSR count). The van der Waals surface area contributed by atoms with Crippen molar-refractivity contribution in [1.82, 2.24) is 9.55 Å². The lowest BCUT2D eigenvalue weighted by Crippen LogP contribution is -2.29. The van der Waals surface area contributed by atoms with Gasteiger partial charge < -0.3 is 15.0 Å². The van der Waals surface area contributed by atoms with Gasteiger partial charge in [0.25, 0.3) is 5.56 Å². The molecule has 0 aliphatic heterocycles. The van der Waals surface area contributed by atoms with E-state index < -0.39 is 11.2 Å². The van der Waals surface area contributed by atoms with Crippen LogP contribution in [-0.2, 0) is 11.3 Å². The van der Waals surface area contributed by atoms with E-state index in [1.54, 1.807) is 12.1 Å². The number of amides is 1. The van der Waals surface area contributed by atoms with E-state index >= 15 is 0 Å². The minimum Gasteiger partial charge on any atom is -0.508 e. The number of hydrogen-bond donors (Lipinski definition) is 3. The number of hydrogen-bond acceptors (Lipinski definition) is 4. The van der Waals surface area contributed by atoms with Gasteiger partial charge in [0.05, 0.1) is 0 Å². The van der Waals surface area contributed by atoms with E-state index in [0.29, 0.717) is 5.69 Å². The molecule has 7 nitrogen and oxygen atoms in total. The average molecular weight is 275 g/mol. The summed E-state index contributed by atoms with van der Waals surface area (Å²) in [6.07, 6.45) is 1.41. The minimum atomic E-state index is -0.553. The van der Waals surface area contributed by atoms with Crippen LogP contribution >= 0.6 is 0 Å². The summed E-state index contributed by atoms with van der Waals surface area (Å²) < 4.78 is 1.24. The van der Waals surface area contributed by atoms with E-state index in [9.17, 15) is 19.5 Å². The summed E-state index contributed by atoms with van der Waals surface area (Å²) >= 11 is 0. The number of rotatable bonds is 4. The standard InChI is InChI=1S/C13H13N3O4/c17-10-3-1-2-9(8-10)14-11(18)4-6-16-7-5-12(19)15-13(16)20/h1-3,5,7-8,17H,4,6H2,(H,14,18)(H,15,19,20). The molecule has 1 aromatic heterocycles. The van der Waals surface area contributed by atoms with Crippen molar-refractivity contribution in [2.45, 2.75) is 13.0 Å². The van der Waals surface area contributed by atoms with Crippen LogP contribution in [0.3, 0.4) is 0 Å². The number of H-pyrrole nitrogens is 1. The fourth-order valence-corrected chi connectivity index (χ4v) is 1.65. The van der Waals surface area contributed by atoms with Gasteiger partial charge in [0.15, 0.2) is 0 Å². The highest BCUT2D eigenvalue weighted by Gasteiger charge is 2.04. The Bertz CT molecular complexity index is 733. The van der Waals surface area contributed by atoms with Crippen LogP contribution in [0.5, 0.6) is 5.75 Å². The molecule has 0 unspecified atom stereocenters. The summed E-state index contributed by atoms with van der Waals surface area (Å²) in [5.74, 6) is -0.242. The third-order valence-corrected chi connectivity index (χ3v) is 2.61. The van der Waals surface area contributed by atoms with Gasteiger partial charge in [-0.25, -0.2) is 4.79 Å². The van der Waals surface area contributed by atoms with Gasteiger partial charge in [-0.3, -0.25) is 14.6 Å². The minimum absolute atomic E-state index is 0.0552. The molecule has 0 saturated heterocycles. The van der Waals surface area contributed by atoms with E-state index in [4.69, 9.17) is 0 Å². The lowest BCUT2D eigenvalue weighted by molar-refractivity contribution is -0.116. The van der Waals surface area contributed by atoms with E-state index in [2.05, 4.69) is 10.3 Å². The van der Waals surface area contributed by atoms with Gasteiger partial charge in [-0.1, -0.05) is 6.07 Å². The second kappa shape index (κ2) is 5.87. The number of aryl methyl sites for hydroxylation is 1. The van der Waals surface area contributed by atoms with Crippen LogP contribution in [0.2, 0.25) is 0 Å². The molecule has 1 amide bonds. The Labute approximate surface area is 113 Å². The second-order valence-corrected chi connectivity index (χ2v) is 4.15. The number of carbonyl (C=O) groups is 1. The quantitative estimate of drug-likeness (QED) is 0.745. The number of nitrogens with zero attached hydrogens (tertiary/aromatic N) is 1. The zero-order chi connectivity index (χ0) is 14.5. The largest absolute Gasteiger partial charge is 0.508 e. The average Bonchev–Trinajstić information content (AvgIpc) is 2.37. The second-order valence-electron chi connectivity index (χ2n) is 4.15. The summed E-state index contributed by atoms with van der Waals surface area (Å²) in [4.78, 5) is 36.1. The number of anilines is 1. The molecule has 0 bridgehead atoms. The SMILES string of the molecule is O=C(CCn1ccc(=O)[nH]c1=O)Nc1cccc(O)c1. The van der Waals surface area contributed by atoms with Crippen LogP contribution in [0.4, 0.5) is 5.69 Å². The monoisotopic (exact) mass is 275 g/mol. The highest BCUT2D eigenvalue weighted by Crippen LogP contribution is 2.15. The fraction of sp³-hybridized carbons (Fsp3) is 0.154. The molecule has 0 aliphatic carbocycles. The molecule has 2 aromatic rings. The highest BCUT2D eigenvalue weighted by atomic mass is 16.3. The maximum absolute atomic E-state index is 11.7. The Morgan fingerprint density at radius 2 is 2.10 bits per heavy atom. The molecule has 0 fully saturated rings. The van der Waals surface area contributed by atoms with Crippen LogP contribution in [0.25, 0.3) is 0 Å². The Kier molecular flexibility index (Phi) is 3.99. The summed E-state index contributed by atoms with van der Waals surface area (Å²) in [5, 5.41) is 11.9. The number of phenols is 1. The fourth-order valence-electron chi connectivity index (χ4n) is 1.65. The number of aromatic hydroxyl groups is 1. The lowest BCUT2D eigenvalue weighted by Gasteiger charge is -2.06. The van der Waals surface area contributed by atoms with E-state index in [-0.39, 0.29) is 24.6 Å². The van der Waals surface area contributed by atoms with E-state index in [0.717, 1.165) is 0 Å². The summed E-state index contributed by atoms with van der Waals surface area (Å²) in [6, 6.07) is 7.38. The number of carbonyl (C=O) groups excluding carboxylic acids is 1. The van der Waals surface area contributed by atoms with Gasteiger partial charge in [-0.15, -0.1) is 0 Å². The van der Waals surface area contributed by atoms with Gasteiger partial charge in [0.2, 0.25) is 5.91 Å². The summed E-state index contributed by atoms with van der Waals surface area (Å²) in [7, 11) is 0. The molecule has 7 heteroatoms. The van der Waals surface area contributed by atoms with Crippen LogP contribution in [0.15, 0.2) is 46.1 Å². The first-order chi connectivity index (χ1) is 9.54. The van der Waals surface area contributed by atoms with Crippen molar-refractivity contribution in [3.05, 3.63) is 57.4 Å². The Morgan fingerprint density at radius 1 is 1.30 bits per heavy atom. The third-order valence-electron chi connectivity index (χ3n) is 2.61. The number of aromatic amines is 1. The normalized spacial score (nSPS) is 10.2. The van der Waals surface area contributed by atoms with Gasteiger partial charge in [0.1, 0.15) is 5.75 Å². The first-order valence-corrected chi connectivity index (χ1v) is 5.93. The van der Waals surface area contributed by atoms with E-state index in [1.165, 1.54) is 29.0 Å². The maximum atomic E-state index is 11.7. The Morgan fingerprint density at radius 3 is 2.80 bits per heavy atom. The predicted molar refractivity (Wildman–Crippen MR) is 72.7 cm³/mol. The molecule has 1 aromatic carbocycles. The van der Waals surface area contributed by atoms with Gasteiger partial charge in [0, 0.05) is 37.0 Å². The molecule has 3 N–H and O–H groups in total. The lowest BCUT2D eigenvalue weighted by atomic mass is 10.3. The zero-order valence-electron chi connectivity index (χ0n) is 10.5. The van der Waals surface area contributed by atoms with Crippen molar-refractivity contribution < 1.29 is 9.90 Å². The number of nitrogens with one attached hydrogen (secondary N) is 2. The van der Waals surface area contributed by atoms with Crippen LogP contribution in [-0.4, -0.2) is 20.6 Å². The van der Waals surface area contributed by atoms with Crippen LogP contribution < -0.4 is 16.6 Å². The van der Waals surface area contributed by atoms with Crippen molar-refractivity contribution in [3.8, 4) is 5.75 Å². The molecule has 0 aliphatic rings. The summed E-state index contributed by atoms with van der Waals surface area (Å²) in [6.45, 7) is 0.153. The number of phenolic OH excluding ortho intramolecular Hbond substituents is 1. The molecule has 20 heavy (non-hydrogen) atoms. The third kappa shape index (κ3) is 3.58. The molecular weight excluding hydrogens is 262 g/mol. The van der Waals surface area contributed by atoms with Gasteiger partial charge in [-0.05, 0) is 12.1 Å². The molecule has 0 spiro atoms. The van der Waals surface area contributed by atoms with Crippen molar-refractivity contribution in [3.63, 3.8) is 0 Å². The van der Waals surface area contributed by atoms with Crippen molar-refractivity contribution in [2.24, 2.45) is 0 Å². The topological polar surface area (TPSA) is 104 Å². The summed E-state index contributed by atoms with van der Waals surface area (Å²) in [5.41, 5.74) is -0.554. The van der Waals surface area contributed by atoms with Crippen molar-refractivity contribution >= 4 is 11.6 Å². The molecular formula is C13H13N3O4. The van der Waals surface area contributed by atoms with Crippen LogP contribution in [0, 0.1) is 0 Å². The first kappa shape index (κ1) is 13.6. The smallest absolute Gasteiger partial charge is 0.328 e. The molecule has 0 saturated carbocycles. The molecule has 1 heterocycles. The molecule has 104 valence electrons. The molecule has 0 radical (unpaired) electrons. The van der Waals surface area contributed by atoms with Crippen LogP contribution in [0.1, 0.15) is 6.42 Å². The van der Waals surface area contributed by atoms with Gasteiger partial charge in [-0.2, -0.15) is 0 Å². The predicted octanol–water partition coefficient (Wildman–Crippen LogP) is 0.271. The first-order valence-electron chi connectivity index (χ1n) is 5.93. The van der Waals surface area contributed by atoms with E-state index in [1.807, 2.05) is 0 Å². The molecule has 0 atom stereocenters. The highest BCUT2D eigenvalue weighted by molar-refractivity contribution is 5.90. The maximum Gasteiger partial charge on any atom is 0.328 e. The van der Waals surface area contributed by atoms with Crippen molar-refractivity contribution in [1.29, 1.82) is 0 Å². The number of aromatic nitrogens is 2. The number of benzene rings is 1. The van der Waals surface area contributed by atoms with Gasteiger partial charge >= 0.3 is 5.69 Å². The van der Waals surface area contributed by atoms with Crippen molar-refractivity contribution in [2.75, 3.05) is 5.32 Å². The Balaban J connectivity index is 1.95.